The summed E-state index contributed by atoms with van der Waals surface area (Å²) in [6.45, 7) is 5.70. The number of carbonyl (C=O) groups is 1. The number of hydrogen-bond donors (Lipinski definition) is 2. The van der Waals surface area contributed by atoms with Gasteiger partial charge in [-0.1, -0.05) is 48.9 Å². The van der Waals surface area contributed by atoms with Gasteiger partial charge in [0.1, 0.15) is 23.0 Å². The zero-order valence-corrected chi connectivity index (χ0v) is 28.9. The number of benzene rings is 4. The first-order chi connectivity index (χ1) is 23.8. The smallest absolute Gasteiger partial charge is 0.355 e. The lowest BCUT2D eigenvalue weighted by Crippen LogP contribution is -2.14. The lowest BCUT2D eigenvalue weighted by Gasteiger charge is -2.12. The number of carbonyl (C=O) groups excluding carboxylic acids is 1. The van der Waals surface area contributed by atoms with Crippen molar-refractivity contribution in [2.24, 2.45) is 7.05 Å². The van der Waals surface area contributed by atoms with E-state index in [4.69, 9.17) is 30.9 Å². The third-order valence-electron chi connectivity index (χ3n) is 8.75. The number of methoxy groups -OCH3 is 1. The molecule has 0 saturated heterocycles. The van der Waals surface area contributed by atoms with E-state index in [2.05, 4.69) is 17.2 Å². The maximum absolute atomic E-state index is 13.8. The number of aromatic nitrogens is 3. The quantitative estimate of drug-likeness (QED) is 0.0884. The Hall–Kier alpha value is -4.86. The molecule has 0 fully saturated rings. The zero-order chi connectivity index (χ0) is 34.5. The summed E-state index contributed by atoms with van der Waals surface area (Å²) in [5.41, 5.74) is 6.79. The fourth-order valence-electron chi connectivity index (χ4n) is 6.46. The van der Waals surface area contributed by atoms with E-state index >= 15 is 0 Å². The molecule has 254 valence electrons. The molecule has 6 rings (SSSR count). The van der Waals surface area contributed by atoms with Crippen LogP contribution in [0.2, 0.25) is 5.02 Å². The summed E-state index contributed by atoms with van der Waals surface area (Å²) in [6.07, 6.45) is 1.92. The molecule has 8 nitrogen and oxygen atoms in total. The van der Waals surface area contributed by atoms with Gasteiger partial charge >= 0.3 is 5.97 Å². The van der Waals surface area contributed by atoms with Crippen LogP contribution < -0.4 is 14.8 Å². The Bertz CT molecular complexity index is 2100. The highest BCUT2D eigenvalue weighted by molar-refractivity contribution is 6.35. The second kappa shape index (κ2) is 15.1. The van der Waals surface area contributed by atoms with Gasteiger partial charge in [-0.05, 0) is 85.2 Å². The van der Waals surface area contributed by atoms with Crippen molar-refractivity contribution >= 4 is 39.2 Å². The molecule has 10 heteroatoms. The van der Waals surface area contributed by atoms with E-state index < -0.39 is 5.97 Å². The van der Waals surface area contributed by atoms with Gasteiger partial charge in [-0.15, -0.1) is 0 Å². The number of nitrogens with zero attached hydrogens (tertiary/aromatic N) is 2. The molecule has 0 amide bonds. The maximum atomic E-state index is 13.8. The van der Waals surface area contributed by atoms with Crippen LogP contribution in [-0.2, 0) is 37.7 Å². The molecule has 0 aliphatic rings. The van der Waals surface area contributed by atoms with E-state index in [0.29, 0.717) is 49.0 Å². The van der Waals surface area contributed by atoms with E-state index in [-0.39, 0.29) is 12.4 Å². The second-order valence-corrected chi connectivity index (χ2v) is 12.2. The molecule has 0 aliphatic carbocycles. The molecule has 0 aliphatic heterocycles. The SMILES string of the molecule is CCOC(=O)c1[nH]c2c(-c3c(CNCc4ccc(OC)cc4)nn(C)c3CC)c(Cl)ccc2c1CCCOc1cccc2cc(F)ccc12. The molecule has 4 aromatic carbocycles. The highest BCUT2D eigenvalue weighted by atomic mass is 35.5. The van der Waals surface area contributed by atoms with Crippen LogP contribution in [0.5, 0.6) is 11.5 Å². The normalized spacial score (nSPS) is 11.4. The van der Waals surface area contributed by atoms with Crippen LogP contribution in [0.4, 0.5) is 4.39 Å². The Morgan fingerprint density at radius 1 is 1.00 bits per heavy atom. The number of H-pyrrole nitrogens is 1. The lowest BCUT2D eigenvalue weighted by atomic mass is 9.97. The first-order valence-electron chi connectivity index (χ1n) is 16.5. The molecule has 0 atom stereocenters. The summed E-state index contributed by atoms with van der Waals surface area (Å²) in [7, 11) is 3.60. The van der Waals surface area contributed by atoms with Gasteiger partial charge in [-0.2, -0.15) is 5.10 Å². The lowest BCUT2D eigenvalue weighted by molar-refractivity contribution is 0.0519. The van der Waals surface area contributed by atoms with Crippen molar-refractivity contribution < 1.29 is 23.4 Å². The van der Waals surface area contributed by atoms with E-state index in [1.807, 2.05) is 66.3 Å². The maximum Gasteiger partial charge on any atom is 0.355 e. The van der Waals surface area contributed by atoms with E-state index in [1.54, 1.807) is 20.1 Å². The van der Waals surface area contributed by atoms with Gasteiger partial charge in [0.25, 0.3) is 0 Å². The topological polar surface area (TPSA) is 90.4 Å². The van der Waals surface area contributed by atoms with Gasteiger partial charge in [0.15, 0.2) is 0 Å². The van der Waals surface area contributed by atoms with Gasteiger partial charge < -0.3 is 24.5 Å². The fraction of sp³-hybridized carbons (Fsp3) is 0.282. The molecule has 2 heterocycles. The van der Waals surface area contributed by atoms with Crippen molar-refractivity contribution in [3.8, 4) is 22.6 Å². The minimum absolute atomic E-state index is 0.249. The van der Waals surface area contributed by atoms with Crippen LogP contribution in [0.25, 0.3) is 32.8 Å². The molecule has 0 saturated carbocycles. The van der Waals surface area contributed by atoms with Gasteiger partial charge in [-0.25, -0.2) is 9.18 Å². The number of aromatic amines is 1. The number of ether oxygens (including phenoxy) is 3. The van der Waals surface area contributed by atoms with Crippen molar-refractivity contribution in [1.29, 1.82) is 0 Å². The van der Waals surface area contributed by atoms with Crippen LogP contribution in [0.15, 0.2) is 72.8 Å². The second-order valence-electron chi connectivity index (χ2n) is 11.8. The third kappa shape index (κ3) is 7.14. The molecular weight excluding hydrogens is 643 g/mol. The highest BCUT2D eigenvalue weighted by Crippen LogP contribution is 2.41. The van der Waals surface area contributed by atoms with Gasteiger partial charge in [0.2, 0.25) is 0 Å². The summed E-state index contributed by atoms with van der Waals surface area (Å²) in [5, 5.41) is 11.5. The summed E-state index contributed by atoms with van der Waals surface area (Å²) in [4.78, 5) is 16.7. The number of esters is 1. The summed E-state index contributed by atoms with van der Waals surface area (Å²) in [5.74, 6) is 0.793. The minimum Gasteiger partial charge on any atom is -0.497 e. The van der Waals surface area contributed by atoms with E-state index in [0.717, 1.165) is 67.5 Å². The van der Waals surface area contributed by atoms with E-state index in [1.165, 1.54) is 12.1 Å². The number of nitrogens with one attached hydrogen (secondary N) is 2. The van der Waals surface area contributed by atoms with Crippen molar-refractivity contribution in [2.75, 3.05) is 20.3 Å². The van der Waals surface area contributed by atoms with Crippen LogP contribution >= 0.6 is 11.6 Å². The van der Waals surface area contributed by atoms with Crippen LogP contribution in [0.3, 0.4) is 0 Å². The molecule has 6 aromatic rings. The molecule has 0 unspecified atom stereocenters. The average Bonchev–Trinajstić information content (AvgIpc) is 3.63. The van der Waals surface area contributed by atoms with E-state index in [9.17, 15) is 9.18 Å². The zero-order valence-electron chi connectivity index (χ0n) is 28.2. The predicted molar refractivity (Wildman–Crippen MR) is 192 cm³/mol. The third-order valence-corrected chi connectivity index (χ3v) is 9.06. The summed E-state index contributed by atoms with van der Waals surface area (Å²) >= 11 is 7.01. The summed E-state index contributed by atoms with van der Waals surface area (Å²) in [6, 6.07) is 22.1. The molecular formula is C39H40ClFN4O4. The number of halogens is 2. The molecule has 2 aromatic heterocycles. The molecule has 0 bridgehead atoms. The Labute approximate surface area is 290 Å². The first-order valence-corrected chi connectivity index (χ1v) is 16.9. The number of hydrogen-bond acceptors (Lipinski definition) is 6. The Morgan fingerprint density at radius 3 is 2.55 bits per heavy atom. The van der Waals surface area contributed by atoms with Gasteiger partial charge in [0.05, 0.1) is 36.6 Å². The van der Waals surface area contributed by atoms with Crippen molar-refractivity contribution in [3.63, 3.8) is 0 Å². The van der Waals surface area contributed by atoms with Gasteiger partial charge in [0, 0.05) is 47.7 Å². The Kier molecular flexibility index (Phi) is 10.5. The molecule has 0 spiro atoms. The number of aryl methyl sites for hydroxylation is 2. The number of fused-ring (bicyclic) bond motifs is 2. The standard InChI is InChI=1S/C39H40ClFN4O4/c1-5-33-36(32(44-45(33)3)23-42-22-24-12-15-27(47-4)16-13-24)35-31(40)19-18-30-29(38(43-37(30)35)39(46)48-6-2)10-8-20-49-34-11-7-9-25-21-26(41)14-17-28(25)34/h7,9,11-19,21,42-43H,5-6,8,10,20,22-23H2,1-4H3. The monoisotopic (exact) mass is 682 g/mol. The minimum atomic E-state index is -0.420. The first kappa shape index (κ1) is 34.0. The predicted octanol–water partition coefficient (Wildman–Crippen LogP) is 8.56. The Morgan fingerprint density at radius 2 is 1.80 bits per heavy atom. The van der Waals surface area contributed by atoms with Crippen LogP contribution in [0.1, 0.15) is 53.3 Å². The van der Waals surface area contributed by atoms with Crippen molar-refractivity contribution in [2.45, 2.75) is 46.2 Å². The fourth-order valence-corrected chi connectivity index (χ4v) is 6.72. The van der Waals surface area contributed by atoms with Crippen molar-refractivity contribution in [3.05, 3.63) is 112 Å². The molecule has 0 radical (unpaired) electrons. The molecule has 2 N–H and O–H groups in total. The van der Waals surface area contributed by atoms with Crippen molar-refractivity contribution in [1.82, 2.24) is 20.1 Å². The largest absolute Gasteiger partial charge is 0.497 e. The number of rotatable bonds is 14. The summed E-state index contributed by atoms with van der Waals surface area (Å²) < 4.78 is 32.6. The molecule has 49 heavy (non-hydrogen) atoms. The Balaban J connectivity index is 1.31. The van der Waals surface area contributed by atoms with Crippen LogP contribution in [-0.4, -0.2) is 41.1 Å². The van der Waals surface area contributed by atoms with Gasteiger partial charge in [-0.3, -0.25) is 4.68 Å². The highest BCUT2D eigenvalue weighted by Gasteiger charge is 2.26. The average molecular weight is 683 g/mol. The van der Waals surface area contributed by atoms with Crippen LogP contribution in [0, 0.1) is 5.82 Å².